The molecule has 0 radical (unpaired) electrons. The molecule has 1 aliphatic heterocycles. The number of benzene rings is 3. The molecule has 3 N–H and O–H groups in total. The predicted octanol–water partition coefficient (Wildman–Crippen LogP) is 4.50. The monoisotopic (exact) mass is 429 g/mol. The van der Waals surface area contributed by atoms with E-state index in [-0.39, 0.29) is 5.91 Å². The number of hydrogen-bond acceptors (Lipinski definition) is 5. The van der Waals surface area contributed by atoms with Crippen LogP contribution in [-0.2, 0) is 17.8 Å². The summed E-state index contributed by atoms with van der Waals surface area (Å²) in [7, 11) is 3.32. The molecule has 0 unspecified atom stereocenters. The molecule has 6 nitrogen and oxygen atoms in total. The summed E-state index contributed by atoms with van der Waals surface area (Å²) in [4.78, 5) is 14.5. The van der Waals surface area contributed by atoms with Gasteiger partial charge in [-0.05, 0) is 65.6 Å². The summed E-state index contributed by atoms with van der Waals surface area (Å²) in [5.74, 6) is 1.31. The van der Waals surface area contributed by atoms with Gasteiger partial charge in [0.05, 0.1) is 25.6 Å². The normalized spacial score (nSPS) is 13.0. The van der Waals surface area contributed by atoms with E-state index in [0.717, 1.165) is 42.3 Å². The number of para-hydroxylation sites is 2. The molecule has 0 aromatic heterocycles. The minimum atomic E-state index is -0.219. The molecule has 164 valence electrons. The Morgan fingerprint density at radius 3 is 2.38 bits per heavy atom. The number of nitrogens with two attached hydrogens (primary N) is 1. The zero-order chi connectivity index (χ0) is 22.5. The minimum Gasteiger partial charge on any atom is -0.493 e. The molecule has 1 amide bonds. The van der Waals surface area contributed by atoms with Crippen LogP contribution in [0, 0.1) is 0 Å². The summed E-state index contributed by atoms with van der Waals surface area (Å²) in [6.45, 7) is 1.74. The van der Waals surface area contributed by atoms with Crippen LogP contribution in [0.3, 0.4) is 0 Å². The van der Waals surface area contributed by atoms with Gasteiger partial charge in [-0.2, -0.15) is 0 Å². The molecule has 3 aromatic carbocycles. The van der Waals surface area contributed by atoms with E-state index in [2.05, 4.69) is 34.5 Å². The third-order valence-electron chi connectivity index (χ3n) is 5.62. The summed E-state index contributed by atoms with van der Waals surface area (Å²) >= 11 is 0. The van der Waals surface area contributed by atoms with Gasteiger partial charge in [0.2, 0.25) is 5.91 Å². The van der Waals surface area contributed by atoms with Crippen LogP contribution < -0.4 is 25.4 Å². The van der Waals surface area contributed by atoms with Crippen LogP contribution in [0.2, 0.25) is 0 Å². The lowest BCUT2D eigenvalue weighted by molar-refractivity contribution is -0.111. The molecule has 0 saturated carbocycles. The number of ether oxygens (including phenoxy) is 2. The Kier molecular flexibility index (Phi) is 6.31. The number of nitrogens with zero attached hydrogens (tertiary/aromatic N) is 1. The first-order valence-electron chi connectivity index (χ1n) is 10.5. The standard InChI is InChI=1S/C26H27N3O3/c1-31-24-15-19-13-14-29(17-20(19)16-25(24)32-2)21-10-7-18(8-11-21)9-12-26(30)28-23-6-4-3-5-22(23)27/h3-12,15-16H,13-14,17,27H2,1-2H3,(H,28,30)/b12-9-. The van der Waals surface area contributed by atoms with Gasteiger partial charge < -0.3 is 25.4 Å². The van der Waals surface area contributed by atoms with Crippen molar-refractivity contribution in [1.82, 2.24) is 0 Å². The first-order valence-corrected chi connectivity index (χ1v) is 10.5. The molecule has 32 heavy (non-hydrogen) atoms. The van der Waals surface area contributed by atoms with Crippen LogP contribution in [0.25, 0.3) is 6.08 Å². The molecule has 3 aromatic rings. The van der Waals surface area contributed by atoms with Gasteiger partial charge in [0.1, 0.15) is 0 Å². The van der Waals surface area contributed by atoms with E-state index < -0.39 is 0 Å². The summed E-state index contributed by atoms with van der Waals surface area (Å²) in [6.07, 6.45) is 4.25. The largest absolute Gasteiger partial charge is 0.493 e. The quantitative estimate of drug-likeness (QED) is 0.446. The summed E-state index contributed by atoms with van der Waals surface area (Å²) in [6, 6.07) is 19.5. The highest BCUT2D eigenvalue weighted by Gasteiger charge is 2.19. The van der Waals surface area contributed by atoms with Gasteiger partial charge in [0, 0.05) is 24.9 Å². The van der Waals surface area contributed by atoms with Crippen molar-refractivity contribution in [3.63, 3.8) is 0 Å². The summed E-state index contributed by atoms with van der Waals surface area (Å²) < 4.78 is 10.9. The highest BCUT2D eigenvalue weighted by Crippen LogP contribution is 2.34. The topological polar surface area (TPSA) is 76.8 Å². The van der Waals surface area contributed by atoms with Gasteiger partial charge in [0.15, 0.2) is 11.5 Å². The van der Waals surface area contributed by atoms with Crippen LogP contribution in [0.1, 0.15) is 16.7 Å². The minimum absolute atomic E-state index is 0.219. The van der Waals surface area contributed by atoms with Crippen molar-refractivity contribution >= 4 is 29.0 Å². The maximum Gasteiger partial charge on any atom is 0.248 e. The Labute approximate surface area is 188 Å². The van der Waals surface area contributed by atoms with Gasteiger partial charge in [0.25, 0.3) is 0 Å². The summed E-state index contributed by atoms with van der Waals surface area (Å²) in [5.41, 5.74) is 11.7. The van der Waals surface area contributed by atoms with Crippen molar-refractivity contribution in [2.45, 2.75) is 13.0 Å². The lowest BCUT2D eigenvalue weighted by Gasteiger charge is -2.31. The van der Waals surface area contributed by atoms with Crippen molar-refractivity contribution in [2.75, 3.05) is 36.7 Å². The molecule has 0 aliphatic carbocycles. The second-order valence-corrected chi connectivity index (χ2v) is 7.65. The Hall–Kier alpha value is -3.93. The van der Waals surface area contributed by atoms with E-state index >= 15 is 0 Å². The van der Waals surface area contributed by atoms with Crippen molar-refractivity contribution in [3.05, 3.63) is 83.4 Å². The van der Waals surface area contributed by atoms with Crippen LogP contribution in [0.5, 0.6) is 11.5 Å². The van der Waals surface area contributed by atoms with Gasteiger partial charge in [-0.25, -0.2) is 0 Å². The number of carbonyl (C=O) groups excluding carboxylic acids is 1. The number of hydrogen-bond donors (Lipinski definition) is 2. The predicted molar refractivity (Wildman–Crippen MR) is 129 cm³/mol. The fraction of sp³-hybridized carbons (Fsp3) is 0.192. The lowest BCUT2D eigenvalue weighted by atomic mass is 9.98. The molecule has 0 fully saturated rings. The number of nitrogen functional groups attached to an aromatic ring is 1. The third kappa shape index (κ3) is 4.70. The van der Waals surface area contributed by atoms with Crippen molar-refractivity contribution in [2.24, 2.45) is 0 Å². The fourth-order valence-electron chi connectivity index (χ4n) is 3.86. The van der Waals surface area contributed by atoms with E-state index in [1.54, 1.807) is 32.4 Å². The SMILES string of the molecule is COc1cc2c(cc1OC)CN(c1ccc(/C=C\C(=O)Nc3ccccc3N)cc1)CC2. The van der Waals surface area contributed by atoms with Crippen LogP contribution in [0.15, 0.2) is 66.7 Å². The molecule has 1 aliphatic rings. The Balaban J connectivity index is 1.41. The lowest BCUT2D eigenvalue weighted by Crippen LogP contribution is -2.30. The highest BCUT2D eigenvalue weighted by atomic mass is 16.5. The number of fused-ring (bicyclic) bond motifs is 1. The smallest absolute Gasteiger partial charge is 0.248 e. The average molecular weight is 430 g/mol. The van der Waals surface area contributed by atoms with E-state index in [0.29, 0.717) is 11.4 Å². The second-order valence-electron chi connectivity index (χ2n) is 7.65. The van der Waals surface area contributed by atoms with Crippen molar-refractivity contribution in [3.8, 4) is 11.5 Å². The zero-order valence-electron chi connectivity index (χ0n) is 18.3. The number of methoxy groups -OCH3 is 2. The van der Waals surface area contributed by atoms with Crippen LogP contribution in [-0.4, -0.2) is 26.7 Å². The van der Waals surface area contributed by atoms with E-state index in [4.69, 9.17) is 15.2 Å². The molecule has 1 heterocycles. The molecule has 0 saturated heterocycles. The molecular formula is C26H27N3O3. The Bertz CT molecular complexity index is 1140. The first-order chi connectivity index (χ1) is 15.6. The third-order valence-corrected chi connectivity index (χ3v) is 5.62. The van der Waals surface area contributed by atoms with Crippen LogP contribution in [0.4, 0.5) is 17.1 Å². The highest BCUT2D eigenvalue weighted by molar-refractivity contribution is 6.03. The molecule has 4 rings (SSSR count). The first kappa shape index (κ1) is 21.3. The van der Waals surface area contributed by atoms with Crippen molar-refractivity contribution < 1.29 is 14.3 Å². The molecule has 0 bridgehead atoms. The second kappa shape index (κ2) is 9.47. The zero-order valence-corrected chi connectivity index (χ0v) is 18.3. The maximum atomic E-state index is 12.2. The molecular weight excluding hydrogens is 402 g/mol. The number of rotatable bonds is 6. The Morgan fingerprint density at radius 2 is 1.69 bits per heavy atom. The van der Waals surface area contributed by atoms with Crippen LogP contribution >= 0.6 is 0 Å². The van der Waals surface area contributed by atoms with Gasteiger partial charge in [-0.1, -0.05) is 24.3 Å². The number of amides is 1. The molecule has 6 heteroatoms. The van der Waals surface area contributed by atoms with Gasteiger partial charge >= 0.3 is 0 Å². The number of nitrogens with one attached hydrogen (secondary N) is 1. The maximum absolute atomic E-state index is 12.2. The summed E-state index contributed by atoms with van der Waals surface area (Å²) in [5, 5.41) is 2.79. The molecule has 0 atom stereocenters. The number of anilines is 3. The number of carbonyl (C=O) groups is 1. The van der Waals surface area contributed by atoms with Crippen molar-refractivity contribution in [1.29, 1.82) is 0 Å². The van der Waals surface area contributed by atoms with E-state index in [1.807, 2.05) is 24.3 Å². The average Bonchev–Trinajstić information content (AvgIpc) is 2.83. The Morgan fingerprint density at radius 1 is 1.00 bits per heavy atom. The van der Waals surface area contributed by atoms with E-state index in [9.17, 15) is 4.79 Å². The van der Waals surface area contributed by atoms with Gasteiger partial charge in [-0.3, -0.25) is 4.79 Å². The van der Waals surface area contributed by atoms with E-state index in [1.165, 1.54) is 17.2 Å². The van der Waals surface area contributed by atoms with Gasteiger partial charge in [-0.15, -0.1) is 0 Å². The molecule has 0 spiro atoms. The fourth-order valence-corrected chi connectivity index (χ4v) is 3.86.